The van der Waals surface area contributed by atoms with Gasteiger partial charge in [-0.3, -0.25) is 10.1 Å². The first-order chi connectivity index (χ1) is 20.1. The number of aromatic nitrogens is 8. The monoisotopic (exact) mass is 589 g/mol. The number of hydrogen-bond acceptors (Lipinski definition) is 8. The predicted octanol–water partition coefficient (Wildman–Crippen LogP) is 4.95. The first-order valence-corrected chi connectivity index (χ1v) is 13.4. The Morgan fingerprint density at radius 3 is 2.74 bits per heavy atom. The quantitative estimate of drug-likeness (QED) is 0.274. The van der Waals surface area contributed by atoms with E-state index in [1.165, 1.54) is 23.1 Å². The number of aromatic amines is 1. The number of carbonyl (C=O) groups excluding carboxylic acids is 1. The van der Waals surface area contributed by atoms with Crippen LogP contribution in [0.4, 0.5) is 15.0 Å². The van der Waals surface area contributed by atoms with Crippen LogP contribution in [0.3, 0.4) is 0 Å². The molecule has 1 aliphatic rings. The number of nitrogens with zero attached hydrogens (tertiary/aromatic N) is 7. The highest BCUT2D eigenvalue weighted by Crippen LogP contribution is 2.35. The molecule has 1 amide bonds. The summed E-state index contributed by atoms with van der Waals surface area (Å²) in [5, 5.41) is 14.3. The van der Waals surface area contributed by atoms with Crippen LogP contribution >= 0.6 is 11.6 Å². The van der Waals surface area contributed by atoms with Gasteiger partial charge in [0.2, 0.25) is 5.95 Å². The molecule has 1 aliphatic heterocycles. The maximum Gasteiger partial charge on any atom is 0.413 e. The fourth-order valence-corrected chi connectivity index (χ4v) is 5.16. The molecule has 1 unspecified atom stereocenters. The Hall–Kier alpha value is -4.91. The van der Waals surface area contributed by atoms with Gasteiger partial charge in [0.1, 0.15) is 23.6 Å². The predicted molar refractivity (Wildman–Crippen MR) is 152 cm³/mol. The molecule has 0 fully saturated rings. The van der Waals surface area contributed by atoms with Crippen LogP contribution in [0.15, 0.2) is 59.8 Å². The van der Waals surface area contributed by atoms with Crippen LogP contribution in [-0.2, 0) is 11.2 Å². The van der Waals surface area contributed by atoms with E-state index in [9.17, 15) is 14.0 Å². The van der Waals surface area contributed by atoms with E-state index in [1.54, 1.807) is 55.8 Å². The number of tetrazole rings is 1. The molecular weight excluding hydrogens is 565 g/mol. The second-order valence-corrected chi connectivity index (χ2v) is 11.2. The van der Waals surface area contributed by atoms with Crippen LogP contribution in [0.2, 0.25) is 5.02 Å². The summed E-state index contributed by atoms with van der Waals surface area (Å²) >= 11 is 6.30. The second kappa shape index (κ2) is 10.5. The minimum absolute atomic E-state index is 0.00676. The van der Waals surface area contributed by atoms with E-state index in [2.05, 4.69) is 35.8 Å². The number of imidazole rings is 1. The fraction of sp³-hybridized carbons (Fsp3) is 0.250. The lowest BCUT2D eigenvalue weighted by Gasteiger charge is -2.19. The molecule has 6 rings (SSSR count). The molecule has 1 atom stereocenters. The molecule has 0 radical (unpaired) electrons. The van der Waals surface area contributed by atoms with Gasteiger partial charge >= 0.3 is 6.09 Å². The van der Waals surface area contributed by atoms with Crippen molar-refractivity contribution in [1.82, 2.24) is 39.7 Å². The number of amides is 1. The van der Waals surface area contributed by atoms with Gasteiger partial charge in [-0.05, 0) is 86.0 Å². The molecule has 1 aromatic carbocycles. The fourth-order valence-electron chi connectivity index (χ4n) is 4.99. The van der Waals surface area contributed by atoms with Crippen molar-refractivity contribution in [3.05, 3.63) is 87.7 Å². The maximum absolute atomic E-state index is 14.9. The SMILES string of the molecule is CC(C)(C)OC(=O)Nc1ccc(-c2ncc(C3CCc4cc(-c5cc(Cl)ccc5-n5cnnn5)cc(=O)n43)[nH]2)c(F)n1. The number of nitrogens with one attached hydrogen (secondary N) is 2. The molecule has 0 bridgehead atoms. The van der Waals surface area contributed by atoms with Crippen LogP contribution in [-0.4, -0.2) is 51.4 Å². The van der Waals surface area contributed by atoms with E-state index >= 15 is 0 Å². The molecule has 0 saturated carbocycles. The number of anilines is 1. The van der Waals surface area contributed by atoms with Gasteiger partial charge in [-0.15, -0.1) is 5.10 Å². The summed E-state index contributed by atoms with van der Waals surface area (Å²) in [5.41, 5.74) is 2.81. The average molecular weight is 590 g/mol. The zero-order valence-corrected chi connectivity index (χ0v) is 23.6. The Morgan fingerprint density at radius 2 is 2.00 bits per heavy atom. The number of halogens is 2. The average Bonchev–Trinajstić information content (AvgIpc) is 3.68. The minimum Gasteiger partial charge on any atom is -0.444 e. The third-order valence-corrected chi connectivity index (χ3v) is 6.92. The number of benzene rings is 1. The Labute approximate surface area is 243 Å². The zero-order chi connectivity index (χ0) is 29.6. The Morgan fingerprint density at radius 1 is 1.17 bits per heavy atom. The molecule has 0 aliphatic carbocycles. The molecule has 12 nitrogen and oxygen atoms in total. The zero-order valence-electron chi connectivity index (χ0n) is 22.8. The summed E-state index contributed by atoms with van der Waals surface area (Å²) in [4.78, 5) is 36.8. The summed E-state index contributed by atoms with van der Waals surface area (Å²) < 4.78 is 23.3. The molecule has 5 aromatic rings. The molecule has 0 saturated heterocycles. The Kier molecular flexibility index (Phi) is 6.81. The van der Waals surface area contributed by atoms with Crippen molar-refractivity contribution in [2.75, 3.05) is 5.32 Å². The molecule has 214 valence electrons. The van der Waals surface area contributed by atoms with Crippen molar-refractivity contribution in [3.8, 4) is 28.2 Å². The first-order valence-electron chi connectivity index (χ1n) is 13.1. The third kappa shape index (κ3) is 5.38. The molecular formula is C28H25ClFN9O3. The summed E-state index contributed by atoms with van der Waals surface area (Å²) in [5.74, 6) is -0.563. The summed E-state index contributed by atoms with van der Waals surface area (Å²) in [6.07, 6.45) is 3.62. The molecule has 2 N–H and O–H groups in total. The number of aryl methyl sites for hydroxylation is 1. The van der Waals surface area contributed by atoms with E-state index in [1.807, 2.05) is 6.07 Å². The molecule has 4 aromatic heterocycles. The van der Waals surface area contributed by atoms with Crippen molar-refractivity contribution in [3.63, 3.8) is 0 Å². The van der Waals surface area contributed by atoms with Crippen LogP contribution in [0.5, 0.6) is 0 Å². The highest BCUT2D eigenvalue weighted by Gasteiger charge is 2.28. The van der Waals surface area contributed by atoms with Crippen LogP contribution < -0.4 is 10.9 Å². The molecule has 42 heavy (non-hydrogen) atoms. The van der Waals surface area contributed by atoms with Gasteiger partial charge in [0, 0.05) is 22.3 Å². The van der Waals surface area contributed by atoms with Crippen LogP contribution in [0.25, 0.3) is 28.2 Å². The Bertz CT molecular complexity index is 1860. The highest BCUT2D eigenvalue weighted by molar-refractivity contribution is 6.31. The number of pyridine rings is 2. The smallest absolute Gasteiger partial charge is 0.413 e. The largest absolute Gasteiger partial charge is 0.444 e. The molecule has 0 spiro atoms. The van der Waals surface area contributed by atoms with Crippen molar-refractivity contribution in [1.29, 1.82) is 0 Å². The Balaban J connectivity index is 1.27. The number of fused-ring (bicyclic) bond motifs is 1. The molecule has 5 heterocycles. The standard InChI is InChI=1S/C28H25ClFN9O3/c1-28(2,3)42-27(41)35-23-9-6-18(25(30)34-23)26-31-13-20(33-26)22-8-5-17-10-15(11-24(40)39(17)22)19-12-16(29)4-7-21(19)38-14-32-36-37-38/h4,6-7,9-14,22H,5,8H2,1-3H3,(H,31,33)(H,34,35,41). The van der Waals surface area contributed by atoms with Gasteiger partial charge in [0.15, 0.2) is 0 Å². The topological polar surface area (TPSA) is 146 Å². The van der Waals surface area contributed by atoms with Crippen molar-refractivity contribution < 1.29 is 13.9 Å². The maximum atomic E-state index is 14.9. The summed E-state index contributed by atoms with van der Waals surface area (Å²) in [7, 11) is 0. The number of rotatable bonds is 5. The van der Waals surface area contributed by atoms with Gasteiger partial charge in [-0.25, -0.2) is 14.8 Å². The van der Waals surface area contributed by atoms with E-state index < -0.39 is 17.6 Å². The van der Waals surface area contributed by atoms with E-state index in [4.69, 9.17) is 16.3 Å². The number of carbonyl (C=O) groups is 1. The van der Waals surface area contributed by atoms with Gasteiger partial charge in [-0.1, -0.05) is 11.6 Å². The number of hydrogen-bond donors (Lipinski definition) is 2. The van der Waals surface area contributed by atoms with Gasteiger partial charge < -0.3 is 14.3 Å². The second-order valence-electron chi connectivity index (χ2n) is 10.8. The van der Waals surface area contributed by atoms with E-state index in [0.717, 1.165) is 11.3 Å². The lowest BCUT2D eigenvalue weighted by atomic mass is 10.0. The number of ether oxygens (including phenoxy) is 1. The van der Waals surface area contributed by atoms with Gasteiger partial charge in [0.25, 0.3) is 5.56 Å². The number of H-pyrrole nitrogens is 1. The lowest BCUT2D eigenvalue weighted by molar-refractivity contribution is 0.0635. The summed E-state index contributed by atoms with van der Waals surface area (Å²) in [6.45, 7) is 5.17. The van der Waals surface area contributed by atoms with Crippen LogP contribution in [0, 0.1) is 5.95 Å². The molecule has 14 heteroatoms. The van der Waals surface area contributed by atoms with Gasteiger partial charge in [-0.2, -0.15) is 9.07 Å². The minimum atomic E-state index is -0.821. The van der Waals surface area contributed by atoms with Crippen molar-refractivity contribution in [2.24, 2.45) is 0 Å². The third-order valence-electron chi connectivity index (χ3n) is 6.69. The first kappa shape index (κ1) is 27.3. The van der Waals surface area contributed by atoms with Gasteiger partial charge in [0.05, 0.1) is 29.2 Å². The normalized spacial score (nSPS) is 14.5. The van der Waals surface area contributed by atoms with E-state index in [-0.39, 0.29) is 28.8 Å². The van der Waals surface area contributed by atoms with Crippen molar-refractivity contribution >= 4 is 23.5 Å². The lowest BCUT2D eigenvalue weighted by Crippen LogP contribution is -2.27. The van der Waals surface area contributed by atoms with E-state index in [0.29, 0.717) is 34.8 Å². The summed E-state index contributed by atoms with van der Waals surface area (Å²) in [6, 6.07) is 11.4. The van der Waals surface area contributed by atoms with Crippen LogP contribution in [0.1, 0.15) is 44.6 Å². The van der Waals surface area contributed by atoms with Crippen molar-refractivity contribution in [2.45, 2.75) is 45.3 Å². The highest BCUT2D eigenvalue weighted by atomic mass is 35.5.